The zero-order valence-corrected chi connectivity index (χ0v) is 21.4. The number of amidine groups is 1. The Bertz CT molecular complexity index is 1460. The monoisotopic (exact) mass is 565 g/mol. The van der Waals surface area contributed by atoms with E-state index in [4.69, 9.17) is 21.3 Å². The van der Waals surface area contributed by atoms with Crippen molar-refractivity contribution < 1.29 is 27.1 Å². The highest BCUT2D eigenvalue weighted by Gasteiger charge is 2.47. The molecule has 2 aliphatic rings. The minimum absolute atomic E-state index is 0.0591. The van der Waals surface area contributed by atoms with Crippen molar-refractivity contribution in [2.45, 2.75) is 31.6 Å². The molecule has 0 amide bonds. The summed E-state index contributed by atoms with van der Waals surface area (Å²) in [7, 11) is 0. The van der Waals surface area contributed by atoms with Crippen LogP contribution < -0.4 is 0 Å². The zero-order valence-electron chi connectivity index (χ0n) is 19.8. The van der Waals surface area contributed by atoms with E-state index in [1.807, 2.05) is 0 Å². The van der Waals surface area contributed by atoms with Crippen molar-refractivity contribution in [1.82, 2.24) is 19.7 Å². The molecule has 2 atom stereocenters. The van der Waals surface area contributed by atoms with Gasteiger partial charge in [0.25, 0.3) is 0 Å². The standard InChI is InChI=1S/C25H20ClF4N5O2S/c1-2-37-19(36)5-7-25(30)12-18-20(17-6-9-35(33-17)24(28)29)21(15-4-3-14(27)11-16(15)26)32-22(34(18)13-25)23-31-8-10-38-23/h3-11,21,24H,2,12-13H2,1H3/b7-5+/t21-,25-/m0/s1. The van der Waals surface area contributed by atoms with Crippen LogP contribution in [0.2, 0.25) is 5.02 Å². The van der Waals surface area contributed by atoms with Crippen LogP contribution in [0.3, 0.4) is 0 Å². The summed E-state index contributed by atoms with van der Waals surface area (Å²) < 4.78 is 62.4. The fourth-order valence-electron chi connectivity index (χ4n) is 4.50. The number of alkyl halides is 3. The summed E-state index contributed by atoms with van der Waals surface area (Å²) in [6.07, 6.45) is 4.62. The Morgan fingerprint density at radius 3 is 2.84 bits per heavy atom. The van der Waals surface area contributed by atoms with Gasteiger partial charge in [0.1, 0.15) is 11.9 Å². The molecule has 5 rings (SSSR count). The third-order valence-electron chi connectivity index (χ3n) is 6.07. The van der Waals surface area contributed by atoms with Crippen LogP contribution in [0.1, 0.15) is 42.2 Å². The van der Waals surface area contributed by atoms with E-state index >= 15 is 4.39 Å². The van der Waals surface area contributed by atoms with E-state index in [-0.39, 0.29) is 30.3 Å². The number of fused-ring (bicyclic) bond motifs is 1. The second kappa shape index (κ2) is 10.3. The van der Waals surface area contributed by atoms with Gasteiger partial charge < -0.3 is 9.64 Å². The van der Waals surface area contributed by atoms with Gasteiger partial charge in [0.15, 0.2) is 16.5 Å². The van der Waals surface area contributed by atoms with Gasteiger partial charge in [0, 0.05) is 52.1 Å². The Morgan fingerprint density at radius 1 is 1.37 bits per heavy atom. The lowest BCUT2D eigenvalue weighted by molar-refractivity contribution is -0.137. The number of aliphatic imine (C=N–C) groups is 1. The Balaban J connectivity index is 1.70. The number of carbonyl (C=O) groups excluding carboxylic acids is 1. The molecule has 0 saturated carbocycles. The SMILES string of the molecule is CCOC(=O)/C=C/[C@]1(F)CC2=C(c3ccn(C(F)F)n3)[C@H](c3ccc(F)cc3Cl)N=C(c3nccs3)N2C1. The van der Waals surface area contributed by atoms with Crippen LogP contribution in [0.5, 0.6) is 0 Å². The van der Waals surface area contributed by atoms with Gasteiger partial charge in [-0.05, 0) is 31.2 Å². The first-order chi connectivity index (χ1) is 18.2. The van der Waals surface area contributed by atoms with Crippen molar-refractivity contribution in [3.63, 3.8) is 0 Å². The molecule has 1 aromatic carbocycles. The minimum atomic E-state index is -2.90. The lowest BCUT2D eigenvalue weighted by Crippen LogP contribution is -2.35. The molecule has 0 spiro atoms. The smallest absolute Gasteiger partial charge is 0.333 e. The number of hydrogen-bond donors (Lipinski definition) is 0. The highest BCUT2D eigenvalue weighted by atomic mass is 35.5. The fraction of sp³-hybridized carbons (Fsp3) is 0.280. The molecule has 0 bridgehead atoms. The number of rotatable bonds is 7. The second-order valence-corrected chi connectivity index (χ2v) is 9.86. The normalized spacial score (nSPS) is 21.4. The lowest BCUT2D eigenvalue weighted by atomic mass is 9.91. The highest BCUT2D eigenvalue weighted by molar-refractivity contribution is 7.11. The van der Waals surface area contributed by atoms with Crippen molar-refractivity contribution in [2.24, 2.45) is 4.99 Å². The van der Waals surface area contributed by atoms with E-state index in [1.54, 1.807) is 23.4 Å². The van der Waals surface area contributed by atoms with Crippen LogP contribution >= 0.6 is 22.9 Å². The van der Waals surface area contributed by atoms with E-state index in [0.717, 1.165) is 24.4 Å². The van der Waals surface area contributed by atoms with E-state index in [1.165, 1.54) is 29.5 Å². The zero-order chi connectivity index (χ0) is 27.0. The maximum atomic E-state index is 16.3. The number of carbonyl (C=O) groups is 1. The van der Waals surface area contributed by atoms with Crippen LogP contribution in [0.15, 0.2) is 64.9 Å². The van der Waals surface area contributed by atoms with Crippen LogP contribution in [0.4, 0.5) is 17.6 Å². The molecule has 1 fully saturated rings. The molecular formula is C25H20ClF4N5O2S. The quantitative estimate of drug-likeness (QED) is 0.200. The third kappa shape index (κ3) is 4.97. The number of hydrogen-bond acceptors (Lipinski definition) is 7. The lowest BCUT2D eigenvalue weighted by Gasteiger charge is -2.32. The summed E-state index contributed by atoms with van der Waals surface area (Å²) in [5, 5.41) is 6.30. The molecule has 198 valence electrons. The van der Waals surface area contributed by atoms with Crippen molar-refractivity contribution in [3.8, 4) is 0 Å². The molecule has 2 aliphatic heterocycles. The van der Waals surface area contributed by atoms with Crippen LogP contribution in [0, 0.1) is 5.82 Å². The number of nitrogens with zero attached hydrogens (tertiary/aromatic N) is 5. The molecule has 0 radical (unpaired) electrons. The Labute approximate surface area is 223 Å². The van der Waals surface area contributed by atoms with E-state index in [0.29, 0.717) is 32.4 Å². The molecule has 4 heterocycles. The van der Waals surface area contributed by atoms with Gasteiger partial charge in [-0.3, -0.25) is 4.99 Å². The summed E-state index contributed by atoms with van der Waals surface area (Å²) in [5.74, 6) is -0.921. The molecule has 38 heavy (non-hydrogen) atoms. The minimum Gasteiger partial charge on any atom is -0.463 e. The van der Waals surface area contributed by atoms with Crippen LogP contribution in [0.25, 0.3) is 5.57 Å². The summed E-state index contributed by atoms with van der Waals surface area (Å²) in [4.78, 5) is 22.7. The maximum Gasteiger partial charge on any atom is 0.333 e. The summed E-state index contributed by atoms with van der Waals surface area (Å²) in [5.41, 5.74) is -0.767. The summed E-state index contributed by atoms with van der Waals surface area (Å²) in [6.45, 7) is -1.34. The Kier molecular flexibility index (Phi) is 7.10. The number of aromatic nitrogens is 3. The molecule has 2 aromatic heterocycles. The predicted molar refractivity (Wildman–Crippen MR) is 134 cm³/mol. The summed E-state index contributed by atoms with van der Waals surface area (Å²) >= 11 is 7.70. The van der Waals surface area contributed by atoms with Gasteiger partial charge in [-0.25, -0.2) is 23.2 Å². The number of allylic oxidation sites excluding steroid dienone is 1. The van der Waals surface area contributed by atoms with Gasteiger partial charge in [-0.1, -0.05) is 17.7 Å². The average molecular weight is 566 g/mol. The highest BCUT2D eigenvalue weighted by Crippen LogP contribution is 2.49. The maximum absolute atomic E-state index is 16.3. The van der Waals surface area contributed by atoms with E-state index < -0.39 is 30.0 Å². The molecule has 0 unspecified atom stereocenters. The van der Waals surface area contributed by atoms with Crippen molar-refractivity contribution >= 4 is 40.3 Å². The molecule has 7 nitrogen and oxygen atoms in total. The first-order valence-electron chi connectivity index (χ1n) is 11.5. The number of halogens is 5. The van der Waals surface area contributed by atoms with Crippen molar-refractivity contribution in [1.29, 1.82) is 0 Å². The van der Waals surface area contributed by atoms with Crippen molar-refractivity contribution in [2.75, 3.05) is 13.2 Å². The number of esters is 1. The number of benzene rings is 1. The van der Waals surface area contributed by atoms with Crippen LogP contribution in [-0.4, -0.2) is 50.3 Å². The van der Waals surface area contributed by atoms with Gasteiger partial charge in [0.05, 0.1) is 18.8 Å². The molecule has 13 heteroatoms. The van der Waals surface area contributed by atoms with Gasteiger partial charge >= 0.3 is 12.5 Å². The molecular weight excluding hydrogens is 546 g/mol. The Morgan fingerprint density at radius 2 is 2.18 bits per heavy atom. The molecule has 1 saturated heterocycles. The first-order valence-corrected chi connectivity index (χ1v) is 12.8. The van der Waals surface area contributed by atoms with Crippen molar-refractivity contribution in [3.05, 3.63) is 87.0 Å². The Hall–Kier alpha value is -3.51. The summed E-state index contributed by atoms with van der Waals surface area (Å²) in [6, 6.07) is 4.24. The first kappa shape index (κ1) is 26.1. The molecule has 0 aliphatic carbocycles. The topological polar surface area (TPSA) is 72.6 Å². The second-order valence-electron chi connectivity index (χ2n) is 8.56. The molecule has 3 aromatic rings. The van der Waals surface area contributed by atoms with Gasteiger partial charge in [-0.2, -0.15) is 13.9 Å². The molecule has 0 N–H and O–H groups in total. The third-order valence-corrected chi connectivity index (χ3v) is 7.17. The van der Waals surface area contributed by atoms with Crippen LogP contribution in [-0.2, 0) is 9.53 Å². The van der Waals surface area contributed by atoms with Gasteiger partial charge in [-0.15, -0.1) is 11.3 Å². The number of thiazole rings is 1. The number of ether oxygens (including phenoxy) is 1. The predicted octanol–water partition coefficient (Wildman–Crippen LogP) is 5.97. The van der Waals surface area contributed by atoms with E-state index in [9.17, 15) is 18.0 Å². The fourth-order valence-corrected chi connectivity index (χ4v) is 5.41. The average Bonchev–Trinajstić information content (AvgIpc) is 3.62. The largest absolute Gasteiger partial charge is 0.463 e. The van der Waals surface area contributed by atoms with Gasteiger partial charge in [0.2, 0.25) is 0 Å². The van der Waals surface area contributed by atoms with E-state index in [2.05, 4.69) is 10.1 Å².